The third-order valence-corrected chi connectivity index (χ3v) is 1.91. The lowest BCUT2D eigenvalue weighted by atomic mass is 10.2. The minimum atomic E-state index is 1.07. The maximum Gasteiger partial charge on any atom is 0.0268 e. The van der Waals surface area contributed by atoms with Gasteiger partial charge in [-0.05, 0) is 25.5 Å². The number of hydrogen-bond donors (Lipinski definition) is 0. The van der Waals surface area contributed by atoms with Crippen LogP contribution in [0.25, 0.3) is 0 Å². The van der Waals surface area contributed by atoms with Crippen molar-refractivity contribution in [2.45, 2.75) is 13.3 Å². The second kappa shape index (κ2) is 2.89. The molecule has 62 valence electrons. The van der Waals surface area contributed by atoms with Crippen molar-refractivity contribution in [3.8, 4) is 0 Å². The van der Waals surface area contributed by atoms with Gasteiger partial charge in [0.1, 0.15) is 0 Å². The summed E-state index contributed by atoms with van der Waals surface area (Å²) in [6.45, 7) is 2.14. The summed E-state index contributed by atoms with van der Waals surface area (Å²) < 4.78 is 2.04. The van der Waals surface area contributed by atoms with Crippen LogP contribution in [0.5, 0.6) is 0 Å². The molecule has 0 unspecified atom stereocenters. The van der Waals surface area contributed by atoms with Crippen molar-refractivity contribution in [3.63, 3.8) is 0 Å². The lowest BCUT2D eigenvalue weighted by Gasteiger charge is -2.21. The molecule has 1 aromatic heterocycles. The van der Waals surface area contributed by atoms with Gasteiger partial charge in [0.15, 0.2) is 0 Å². The van der Waals surface area contributed by atoms with Gasteiger partial charge < -0.3 is 0 Å². The summed E-state index contributed by atoms with van der Waals surface area (Å²) in [4.78, 5) is 0. The van der Waals surface area contributed by atoms with Gasteiger partial charge >= 0.3 is 0 Å². The van der Waals surface area contributed by atoms with Crippen LogP contribution in [-0.2, 0) is 0 Å². The summed E-state index contributed by atoms with van der Waals surface area (Å²) >= 11 is 0. The van der Waals surface area contributed by atoms with Crippen LogP contribution in [0, 0.1) is 0 Å². The molecule has 0 spiro atoms. The molecule has 0 saturated carbocycles. The fourth-order valence-electron chi connectivity index (χ4n) is 1.29. The van der Waals surface area contributed by atoms with E-state index in [2.05, 4.69) is 30.4 Å². The van der Waals surface area contributed by atoms with Crippen molar-refractivity contribution in [2.75, 3.05) is 5.01 Å². The van der Waals surface area contributed by atoms with Crippen molar-refractivity contribution in [2.24, 2.45) is 0 Å². The second-order valence-electron chi connectivity index (χ2n) is 3.01. The van der Waals surface area contributed by atoms with E-state index in [9.17, 15) is 0 Å². The second-order valence-corrected chi connectivity index (χ2v) is 3.01. The third kappa shape index (κ3) is 1.28. The molecule has 2 nitrogen and oxygen atoms in total. The monoisotopic (exact) mass is 160 g/mol. The average molecular weight is 160 g/mol. The normalized spacial score (nSPS) is 16.4. The van der Waals surface area contributed by atoms with Crippen molar-refractivity contribution >= 4 is 0 Å². The molecule has 0 N–H and O–H groups in total. The number of aromatic nitrogens is 1. The fourth-order valence-corrected chi connectivity index (χ4v) is 1.29. The fraction of sp³-hybridized carbons (Fsp3) is 0.200. The molecular weight excluding hydrogens is 148 g/mol. The van der Waals surface area contributed by atoms with Crippen molar-refractivity contribution in [1.29, 1.82) is 0 Å². The Bertz CT molecular complexity index is 307. The van der Waals surface area contributed by atoms with E-state index in [1.54, 1.807) is 0 Å². The van der Waals surface area contributed by atoms with Crippen LogP contribution in [0.1, 0.15) is 13.3 Å². The summed E-state index contributed by atoms with van der Waals surface area (Å²) in [6, 6.07) is 4.04. The Morgan fingerprint density at radius 2 is 2.00 bits per heavy atom. The van der Waals surface area contributed by atoms with E-state index in [1.807, 2.05) is 29.2 Å². The highest BCUT2D eigenvalue weighted by atomic mass is 15.5. The Morgan fingerprint density at radius 3 is 2.67 bits per heavy atom. The highest BCUT2D eigenvalue weighted by Crippen LogP contribution is 2.09. The van der Waals surface area contributed by atoms with Gasteiger partial charge in [-0.3, -0.25) is 9.69 Å². The minimum Gasteiger partial charge on any atom is -0.265 e. The molecule has 0 saturated heterocycles. The molecule has 0 amide bonds. The molecule has 0 fully saturated rings. The highest BCUT2D eigenvalue weighted by molar-refractivity contribution is 5.23. The highest BCUT2D eigenvalue weighted by Gasteiger charge is 2.00. The molecule has 0 atom stereocenters. The first-order valence-corrected chi connectivity index (χ1v) is 4.12. The first kappa shape index (κ1) is 7.22. The Balaban J connectivity index is 2.25. The Labute approximate surface area is 72.4 Å². The average Bonchev–Trinajstić information content (AvgIpc) is 2.56. The molecule has 0 aromatic carbocycles. The standard InChI is InChI=1S/C10H12N2/c1-10-5-4-8-12(9-10)11-6-2-3-7-11/h2-4,6-9H,5H2,1H3. The lowest BCUT2D eigenvalue weighted by molar-refractivity contribution is 0.787. The summed E-state index contributed by atoms with van der Waals surface area (Å²) in [6.07, 6.45) is 11.5. The van der Waals surface area contributed by atoms with Gasteiger partial charge in [0.25, 0.3) is 0 Å². The van der Waals surface area contributed by atoms with Crippen LogP contribution in [0.3, 0.4) is 0 Å². The molecule has 2 heteroatoms. The van der Waals surface area contributed by atoms with E-state index in [0.29, 0.717) is 0 Å². The topological polar surface area (TPSA) is 8.17 Å². The van der Waals surface area contributed by atoms with Crippen molar-refractivity contribution in [3.05, 3.63) is 48.6 Å². The van der Waals surface area contributed by atoms with E-state index >= 15 is 0 Å². The van der Waals surface area contributed by atoms with Crippen LogP contribution < -0.4 is 5.01 Å². The molecular formula is C10H12N2. The lowest BCUT2D eigenvalue weighted by Crippen LogP contribution is -2.22. The Morgan fingerprint density at radius 1 is 1.25 bits per heavy atom. The van der Waals surface area contributed by atoms with E-state index in [1.165, 1.54) is 5.57 Å². The molecule has 12 heavy (non-hydrogen) atoms. The van der Waals surface area contributed by atoms with Crippen LogP contribution in [0.4, 0.5) is 0 Å². The minimum absolute atomic E-state index is 1.07. The predicted octanol–water partition coefficient (Wildman–Crippen LogP) is 2.25. The van der Waals surface area contributed by atoms with E-state index in [-0.39, 0.29) is 0 Å². The quantitative estimate of drug-likeness (QED) is 0.611. The van der Waals surface area contributed by atoms with Crippen LogP contribution in [0.2, 0.25) is 0 Å². The zero-order valence-corrected chi connectivity index (χ0v) is 7.14. The summed E-state index contributed by atoms with van der Waals surface area (Å²) in [5.74, 6) is 0. The van der Waals surface area contributed by atoms with Crippen LogP contribution >= 0.6 is 0 Å². The Kier molecular flexibility index (Phi) is 1.74. The van der Waals surface area contributed by atoms with Gasteiger partial charge in [-0.1, -0.05) is 11.6 Å². The van der Waals surface area contributed by atoms with Crippen molar-refractivity contribution in [1.82, 2.24) is 4.68 Å². The maximum atomic E-state index is 2.16. The summed E-state index contributed by atoms with van der Waals surface area (Å²) in [5, 5.41) is 2.07. The summed E-state index contributed by atoms with van der Waals surface area (Å²) in [5.41, 5.74) is 1.38. The molecule has 2 heterocycles. The predicted molar refractivity (Wildman–Crippen MR) is 50.2 cm³/mol. The largest absolute Gasteiger partial charge is 0.265 e. The third-order valence-electron chi connectivity index (χ3n) is 1.91. The van der Waals surface area contributed by atoms with E-state index in [4.69, 9.17) is 0 Å². The molecule has 1 aliphatic rings. The van der Waals surface area contributed by atoms with Gasteiger partial charge in [-0.25, -0.2) is 0 Å². The van der Waals surface area contributed by atoms with E-state index in [0.717, 1.165) is 6.42 Å². The maximum absolute atomic E-state index is 2.16. The summed E-state index contributed by atoms with van der Waals surface area (Å²) in [7, 11) is 0. The first-order valence-electron chi connectivity index (χ1n) is 4.12. The van der Waals surface area contributed by atoms with Gasteiger partial charge in [0.05, 0.1) is 0 Å². The van der Waals surface area contributed by atoms with Gasteiger partial charge in [0, 0.05) is 24.8 Å². The van der Waals surface area contributed by atoms with Gasteiger partial charge in [-0.15, -0.1) is 0 Å². The van der Waals surface area contributed by atoms with Crippen LogP contribution in [0.15, 0.2) is 48.6 Å². The van der Waals surface area contributed by atoms with E-state index < -0.39 is 0 Å². The molecule has 1 aromatic rings. The zero-order valence-electron chi connectivity index (χ0n) is 7.14. The number of hydrogen-bond acceptors (Lipinski definition) is 1. The SMILES string of the molecule is CC1=CN(n2cccc2)C=CC1. The molecule has 0 radical (unpaired) electrons. The molecule has 0 bridgehead atoms. The first-order chi connectivity index (χ1) is 5.86. The zero-order chi connectivity index (χ0) is 8.39. The number of allylic oxidation sites excluding steroid dienone is 2. The number of nitrogens with zero attached hydrogens (tertiary/aromatic N) is 2. The van der Waals surface area contributed by atoms with Crippen molar-refractivity contribution < 1.29 is 0 Å². The van der Waals surface area contributed by atoms with Gasteiger partial charge in [0.2, 0.25) is 0 Å². The van der Waals surface area contributed by atoms with Gasteiger partial charge in [-0.2, -0.15) is 0 Å². The number of rotatable bonds is 1. The Hall–Kier alpha value is -1.44. The molecule has 1 aliphatic heterocycles. The van der Waals surface area contributed by atoms with Crippen LogP contribution in [-0.4, -0.2) is 4.68 Å². The smallest absolute Gasteiger partial charge is 0.0268 e. The molecule has 2 rings (SSSR count). The molecule has 0 aliphatic carbocycles.